The molecule has 6 heteroatoms. The largest absolute Gasteiger partial charge is 0.465 e. The number of ether oxygens (including phenoxy) is 1. The first-order chi connectivity index (χ1) is 9.52. The number of hydrogen-bond acceptors (Lipinski definition) is 5. The van der Waals surface area contributed by atoms with Gasteiger partial charge in [-0.1, -0.05) is 25.4 Å². The molecule has 0 aliphatic carbocycles. The highest BCUT2D eigenvalue weighted by molar-refractivity contribution is 7.99. The van der Waals surface area contributed by atoms with Gasteiger partial charge in [-0.3, -0.25) is 4.79 Å². The van der Waals surface area contributed by atoms with E-state index in [1.165, 1.54) is 0 Å². The Morgan fingerprint density at radius 1 is 1.50 bits per heavy atom. The molecule has 0 radical (unpaired) electrons. The van der Waals surface area contributed by atoms with E-state index in [0.717, 1.165) is 10.8 Å². The Morgan fingerprint density at radius 2 is 2.25 bits per heavy atom. The SMILES string of the molecule is CCOC(=O)C(CCSc1ccc(Cl)cn1)NC(C)C. The van der Waals surface area contributed by atoms with Gasteiger partial charge in [-0.05, 0) is 25.5 Å². The van der Waals surface area contributed by atoms with Gasteiger partial charge in [0.1, 0.15) is 6.04 Å². The van der Waals surface area contributed by atoms with Gasteiger partial charge in [0.05, 0.1) is 16.7 Å². The van der Waals surface area contributed by atoms with Crippen LogP contribution in [0.1, 0.15) is 27.2 Å². The number of pyridine rings is 1. The summed E-state index contributed by atoms with van der Waals surface area (Å²) in [6.45, 7) is 6.25. The lowest BCUT2D eigenvalue weighted by Gasteiger charge is -2.19. The Balaban J connectivity index is 2.45. The highest BCUT2D eigenvalue weighted by atomic mass is 35.5. The smallest absolute Gasteiger partial charge is 0.323 e. The van der Waals surface area contributed by atoms with Crippen LogP contribution < -0.4 is 5.32 Å². The normalized spacial score (nSPS) is 12.4. The van der Waals surface area contributed by atoms with Crippen molar-refractivity contribution in [2.24, 2.45) is 0 Å². The van der Waals surface area contributed by atoms with Gasteiger partial charge in [0.15, 0.2) is 0 Å². The third kappa shape index (κ3) is 6.59. The Hall–Kier alpha value is -0.780. The van der Waals surface area contributed by atoms with E-state index in [1.807, 2.05) is 32.9 Å². The van der Waals surface area contributed by atoms with E-state index in [2.05, 4.69) is 10.3 Å². The molecule has 1 rings (SSSR count). The minimum absolute atomic E-state index is 0.189. The van der Waals surface area contributed by atoms with Crippen molar-refractivity contribution in [3.8, 4) is 0 Å². The zero-order valence-electron chi connectivity index (χ0n) is 12.1. The van der Waals surface area contributed by atoms with Crippen LogP contribution in [0.3, 0.4) is 0 Å². The van der Waals surface area contributed by atoms with Gasteiger partial charge in [-0.25, -0.2) is 4.98 Å². The molecule has 0 bridgehead atoms. The standard InChI is InChI=1S/C14H21ClN2O2S/c1-4-19-14(18)12(17-10(2)3)7-8-20-13-6-5-11(15)9-16-13/h5-6,9-10,12,17H,4,7-8H2,1-3H3. The number of esters is 1. The summed E-state index contributed by atoms with van der Waals surface area (Å²) in [6.07, 6.45) is 2.32. The van der Waals surface area contributed by atoms with E-state index in [-0.39, 0.29) is 18.1 Å². The summed E-state index contributed by atoms with van der Waals surface area (Å²) in [5.41, 5.74) is 0. The molecule has 112 valence electrons. The Kier molecular flexibility index (Phi) is 7.95. The van der Waals surface area contributed by atoms with Crippen LogP contribution in [0.25, 0.3) is 0 Å². The van der Waals surface area contributed by atoms with Crippen molar-refractivity contribution >= 4 is 29.3 Å². The zero-order valence-corrected chi connectivity index (χ0v) is 13.6. The van der Waals surface area contributed by atoms with Crippen LogP contribution in [-0.4, -0.2) is 35.4 Å². The first-order valence-corrected chi connectivity index (χ1v) is 8.06. The first-order valence-electron chi connectivity index (χ1n) is 6.70. The molecule has 0 spiro atoms. The van der Waals surface area contributed by atoms with Crippen molar-refractivity contribution in [1.82, 2.24) is 10.3 Å². The average molecular weight is 317 g/mol. The molecule has 1 aromatic heterocycles. The third-order valence-corrected chi connectivity index (χ3v) is 3.66. The molecule has 20 heavy (non-hydrogen) atoms. The van der Waals surface area contributed by atoms with E-state index in [1.54, 1.807) is 18.0 Å². The van der Waals surface area contributed by atoms with E-state index in [0.29, 0.717) is 18.1 Å². The molecular weight excluding hydrogens is 296 g/mol. The molecule has 1 unspecified atom stereocenters. The minimum Gasteiger partial charge on any atom is -0.465 e. The topological polar surface area (TPSA) is 51.2 Å². The monoisotopic (exact) mass is 316 g/mol. The fourth-order valence-electron chi connectivity index (χ4n) is 1.64. The number of nitrogens with one attached hydrogen (secondary N) is 1. The molecule has 1 N–H and O–H groups in total. The first kappa shape index (κ1) is 17.3. The molecule has 0 amide bonds. The van der Waals surface area contributed by atoms with Crippen LogP contribution in [0.5, 0.6) is 0 Å². The van der Waals surface area contributed by atoms with Crippen molar-refractivity contribution in [3.05, 3.63) is 23.4 Å². The van der Waals surface area contributed by atoms with Crippen LogP contribution in [0, 0.1) is 0 Å². The van der Waals surface area contributed by atoms with Gasteiger partial charge in [-0.15, -0.1) is 11.8 Å². The highest BCUT2D eigenvalue weighted by Gasteiger charge is 2.20. The number of thioether (sulfide) groups is 1. The maximum atomic E-state index is 11.8. The van der Waals surface area contributed by atoms with E-state index in [9.17, 15) is 4.79 Å². The second-order valence-corrected chi connectivity index (χ2v) is 6.13. The number of rotatable bonds is 8. The number of carbonyl (C=O) groups excluding carboxylic acids is 1. The van der Waals surface area contributed by atoms with Gasteiger partial charge in [-0.2, -0.15) is 0 Å². The molecule has 0 fully saturated rings. The molecular formula is C14H21ClN2O2S. The average Bonchev–Trinajstić information content (AvgIpc) is 2.39. The number of carbonyl (C=O) groups is 1. The van der Waals surface area contributed by atoms with E-state index >= 15 is 0 Å². The molecule has 0 saturated heterocycles. The lowest BCUT2D eigenvalue weighted by molar-refractivity contribution is -0.145. The van der Waals surface area contributed by atoms with Crippen LogP contribution in [0.2, 0.25) is 5.02 Å². The lowest BCUT2D eigenvalue weighted by atomic mass is 10.2. The summed E-state index contributed by atoms with van der Waals surface area (Å²) in [7, 11) is 0. The number of halogens is 1. The van der Waals surface area contributed by atoms with Crippen molar-refractivity contribution in [2.75, 3.05) is 12.4 Å². The number of hydrogen-bond donors (Lipinski definition) is 1. The van der Waals surface area contributed by atoms with Crippen LogP contribution in [0.4, 0.5) is 0 Å². The molecule has 0 aromatic carbocycles. The lowest BCUT2D eigenvalue weighted by Crippen LogP contribution is -2.42. The Labute approximate surface area is 129 Å². The zero-order chi connectivity index (χ0) is 15.0. The van der Waals surface area contributed by atoms with E-state index < -0.39 is 0 Å². The second-order valence-electron chi connectivity index (χ2n) is 4.58. The van der Waals surface area contributed by atoms with E-state index in [4.69, 9.17) is 16.3 Å². The molecule has 1 atom stereocenters. The summed E-state index contributed by atoms with van der Waals surface area (Å²) >= 11 is 7.39. The maximum absolute atomic E-state index is 11.8. The molecule has 0 aliphatic heterocycles. The van der Waals surface area contributed by atoms with Gasteiger partial charge in [0.2, 0.25) is 0 Å². The third-order valence-electron chi connectivity index (χ3n) is 2.46. The molecule has 0 saturated carbocycles. The van der Waals surface area contributed by atoms with Gasteiger partial charge in [0, 0.05) is 18.0 Å². The summed E-state index contributed by atoms with van der Waals surface area (Å²) < 4.78 is 5.08. The maximum Gasteiger partial charge on any atom is 0.323 e. The van der Waals surface area contributed by atoms with Crippen LogP contribution in [-0.2, 0) is 9.53 Å². The molecule has 0 aliphatic rings. The summed E-state index contributed by atoms with van der Waals surface area (Å²) in [5.74, 6) is 0.601. The molecule has 4 nitrogen and oxygen atoms in total. The summed E-state index contributed by atoms with van der Waals surface area (Å²) in [4.78, 5) is 16.1. The van der Waals surface area contributed by atoms with Gasteiger partial charge >= 0.3 is 5.97 Å². The fourth-order valence-corrected chi connectivity index (χ4v) is 2.61. The number of aromatic nitrogens is 1. The van der Waals surface area contributed by atoms with Crippen molar-refractivity contribution in [2.45, 2.75) is 44.3 Å². The number of nitrogens with zero attached hydrogens (tertiary/aromatic N) is 1. The van der Waals surface area contributed by atoms with Crippen molar-refractivity contribution in [3.63, 3.8) is 0 Å². The second kappa shape index (κ2) is 9.21. The van der Waals surface area contributed by atoms with Gasteiger partial charge < -0.3 is 10.1 Å². The van der Waals surface area contributed by atoms with Crippen molar-refractivity contribution < 1.29 is 9.53 Å². The predicted molar refractivity (Wildman–Crippen MR) is 83.3 cm³/mol. The molecule has 1 aromatic rings. The molecule has 1 heterocycles. The summed E-state index contributed by atoms with van der Waals surface area (Å²) in [6, 6.07) is 3.66. The Morgan fingerprint density at radius 3 is 2.80 bits per heavy atom. The highest BCUT2D eigenvalue weighted by Crippen LogP contribution is 2.18. The Bertz CT molecular complexity index is 412. The van der Waals surface area contributed by atoms with Crippen LogP contribution in [0.15, 0.2) is 23.4 Å². The predicted octanol–water partition coefficient (Wildman–Crippen LogP) is 3.15. The fraction of sp³-hybridized carbons (Fsp3) is 0.571. The minimum atomic E-state index is -0.269. The summed E-state index contributed by atoms with van der Waals surface area (Å²) in [5, 5.41) is 4.76. The van der Waals surface area contributed by atoms with Crippen LogP contribution >= 0.6 is 23.4 Å². The quantitative estimate of drug-likeness (QED) is 0.590. The van der Waals surface area contributed by atoms with Crippen molar-refractivity contribution in [1.29, 1.82) is 0 Å². The van der Waals surface area contributed by atoms with Gasteiger partial charge in [0.25, 0.3) is 0 Å².